The van der Waals surface area contributed by atoms with Gasteiger partial charge in [0.25, 0.3) is 0 Å². The largest absolute Gasteiger partial charge is 0.290 e. The topological polar surface area (TPSA) is 17.1 Å². The van der Waals surface area contributed by atoms with E-state index >= 15 is 0 Å². The quantitative estimate of drug-likeness (QED) is 0.231. The van der Waals surface area contributed by atoms with Crippen LogP contribution in [0.1, 0.15) is 19.3 Å². The van der Waals surface area contributed by atoms with Gasteiger partial charge in [-0.15, -0.1) is 0 Å². The summed E-state index contributed by atoms with van der Waals surface area (Å²) in [6.07, 6.45) is 12.2. The second-order valence-corrected chi connectivity index (χ2v) is 3.61. The van der Waals surface area contributed by atoms with E-state index in [2.05, 4.69) is 41.3 Å². The van der Waals surface area contributed by atoms with E-state index in [9.17, 15) is 4.79 Å². The Morgan fingerprint density at radius 2 is 1.77 bits per heavy atom. The van der Waals surface area contributed by atoms with E-state index < -0.39 is 0 Å². The van der Waals surface area contributed by atoms with E-state index in [4.69, 9.17) is 0 Å². The first-order valence-corrected chi connectivity index (χ1v) is 5.87. The maximum atomic E-state index is 10.7. The number of rotatable bonds is 7. The van der Waals surface area contributed by atoms with Gasteiger partial charge in [0.05, 0.1) is 0 Å². The molecule has 0 aromatic rings. The molecule has 0 saturated heterocycles. The highest BCUT2D eigenvalue weighted by molar-refractivity contribution is 14.1. The summed E-state index contributed by atoms with van der Waals surface area (Å²) < 4.78 is 1.17. The van der Waals surface area contributed by atoms with Crippen molar-refractivity contribution < 1.29 is 4.79 Å². The number of unbranched alkanes of at least 4 members (excludes halogenated alkanes) is 1. The summed E-state index contributed by atoms with van der Waals surface area (Å²) in [6.45, 7) is 3.38. The average molecular weight is 290 g/mol. The van der Waals surface area contributed by atoms with Crippen molar-refractivity contribution in [2.24, 2.45) is 0 Å². The minimum absolute atomic E-state index is 0.0174. The van der Waals surface area contributed by atoms with Gasteiger partial charge in [0.2, 0.25) is 0 Å². The lowest BCUT2D eigenvalue weighted by Gasteiger charge is -1.86. The van der Waals surface area contributed by atoms with Crippen LogP contribution in [0.5, 0.6) is 0 Å². The third kappa shape index (κ3) is 9.53. The molecule has 72 valence electrons. The molecule has 0 spiro atoms. The van der Waals surface area contributed by atoms with E-state index in [0.717, 1.165) is 19.3 Å². The second-order valence-electron chi connectivity index (χ2n) is 2.54. The van der Waals surface area contributed by atoms with Gasteiger partial charge in [-0.3, -0.25) is 4.79 Å². The van der Waals surface area contributed by atoms with Crippen LogP contribution in [0.4, 0.5) is 0 Å². The molecule has 0 aliphatic rings. The zero-order valence-electron chi connectivity index (χ0n) is 7.71. The van der Waals surface area contributed by atoms with Crippen LogP contribution >= 0.6 is 22.6 Å². The molecule has 0 aromatic heterocycles. The minimum Gasteiger partial charge on any atom is -0.290 e. The molecule has 0 aliphatic heterocycles. The summed E-state index contributed by atoms with van der Waals surface area (Å²) in [6, 6.07) is 0. The Morgan fingerprint density at radius 1 is 1.15 bits per heavy atom. The lowest BCUT2D eigenvalue weighted by atomic mass is 10.2. The summed E-state index contributed by atoms with van der Waals surface area (Å²) in [7, 11) is 0. The van der Waals surface area contributed by atoms with Crippen LogP contribution in [0.3, 0.4) is 0 Å². The molecule has 0 saturated carbocycles. The van der Waals surface area contributed by atoms with E-state index in [1.807, 2.05) is 6.08 Å². The first kappa shape index (κ1) is 12.6. The summed E-state index contributed by atoms with van der Waals surface area (Å²) in [5, 5.41) is 0. The molecule has 0 fully saturated rings. The molecular weight excluding hydrogens is 275 g/mol. The number of allylic oxidation sites excluding steroid dienone is 5. The lowest BCUT2D eigenvalue weighted by molar-refractivity contribution is -0.110. The summed E-state index contributed by atoms with van der Waals surface area (Å²) in [5.41, 5.74) is 0. The van der Waals surface area contributed by atoms with Gasteiger partial charge < -0.3 is 0 Å². The first-order valence-electron chi connectivity index (χ1n) is 4.35. The molecule has 13 heavy (non-hydrogen) atoms. The van der Waals surface area contributed by atoms with Crippen LogP contribution in [-0.4, -0.2) is 10.2 Å². The van der Waals surface area contributed by atoms with E-state index in [0.29, 0.717) is 0 Å². The molecule has 2 heteroatoms. The fraction of sp³-hybridized carbons (Fsp3) is 0.364. The van der Waals surface area contributed by atoms with Crippen LogP contribution in [0.15, 0.2) is 37.0 Å². The third-order valence-electron chi connectivity index (χ3n) is 1.43. The molecule has 0 bridgehead atoms. The van der Waals surface area contributed by atoms with Crippen LogP contribution in [-0.2, 0) is 4.79 Å². The highest BCUT2D eigenvalue weighted by Crippen LogP contribution is 1.96. The number of hydrogen-bond donors (Lipinski definition) is 0. The second kappa shape index (κ2) is 9.71. The molecule has 0 heterocycles. The van der Waals surface area contributed by atoms with Crippen LogP contribution in [0, 0.1) is 0 Å². The van der Waals surface area contributed by atoms with E-state index in [1.54, 1.807) is 6.08 Å². The first-order chi connectivity index (χ1) is 6.31. The lowest BCUT2D eigenvalue weighted by Crippen LogP contribution is -1.81. The van der Waals surface area contributed by atoms with Gasteiger partial charge in [-0.05, 0) is 31.4 Å². The van der Waals surface area contributed by atoms with Crippen molar-refractivity contribution in [3.8, 4) is 0 Å². The van der Waals surface area contributed by atoms with Crippen molar-refractivity contribution in [3.05, 3.63) is 37.0 Å². The number of alkyl halides is 1. The molecule has 1 nitrogen and oxygen atoms in total. The normalized spacial score (nSPS) is 11.2. The number of halogens is 1. The molecule has 0 atom stereocenters. The summed E-state index contributed by atoms with van der Waals surface area (Å²) in [4.78, 5) is 10.7. The molecule has 0 radical (unpaired) electrons. The van der Waals surface area contributed by atoms with Crippen molar-refractivity contribution in [2.45, 2.75) is 19.3 Å². The van der Waals surface area contributed by atoms with Crippen molar-refractivity contribution in [2.75, 3.05) is 4.43 Å². The van der Waals surface area contributed by atoms with E-state index in [1.165, 1.54) is 10.5 Å². The predicted octanol–water partition coefficient (Wildman–Crippen LogP) is 3.46. The van der Waals surface area contributed by atoms with Crippen molar-refractivity contribution in [1.82, 2.24) is 0 Å². The Kier molecular flexibility index (Phi) is 9.42. The maximum absolute atomic E-state index is 10.7. The van der Waals surface area contributed by atoms with Crippen molar-refractivity contribution in [3.63, 3.8) is 0 Å². The smallest absolute Gasteiger partial charge is 0.177 e. The van der Waals surface area contributed by atoms with Crippen LogP contribution in [0.2, 0.25) is 0 Å². The van der Waals surface area contributed by atoms with Gasteiger partial charge in [0, 0.05) is 4.43 Å². The fourth-order valence-corrected chi connectivity index (χ4v) is 1.12. The highest BCUT2D eigenvalue weighted by atomic mass is 127. The standard InChI is InChI=1S/C11H15IO/c1-2-11(13)9-7-5-3-4-6-8-10-12/h2,4,6-7,9H,1,3,5,8,10H2/b6-4+,9-7+. The molecule has 0 aliphatic carbocycles. The molecular formula is C11H15IO. The predicted molar refractivity (Wildman–Crippen MR) is 66.2 cm³/mol. The summed E-state index contributed by atoms with van der Waals surface area (Å²) in [5.74, 6) is -0.0174. The Labute approximate surface area is 93.7 Å². The number of carbonyl (C=O) groups excluding carboxylic acids is 1. The zero-order valence-corrected chi connectivity index (χ0v) is 9.87. The zero-order chi connectivity index (χ0) is 9.94. The summed E-state index contributed by atoms with van der Waals surface area (Å²) >= 11 is 2.35. The Morgan fingerprint density at radius 3 is 2.38 bits per heavy atom. The molecule has 0 rings (SSSR count). The molecule has 0 N–H and O–H groups in total. The Balaban J connectivity index is 3.39. The Hall–Kier alpha value is -0.380. The average Bonchev–Trinajstić information content (AvgIpc) is 2.16. The van der Waals surface area contributed by atoms with Crippen molar-refractivity contribution in [1.29, 1.82) is 0 Å². The SMILES string of the molecule is C=CC(=O)/C=C/CC/C=C/CCI. The van der Waals surface area contributed by atoms with Crippen molar-refractivity contribution >= 4 is 28.4 Å². The highest BCUT2D eigenvalue weighted by Gasteiger charge is 1.83. The van der Waals surface area contributed by atoms with Gasteiger partial charge in [0.1, 0.15) is 0 Å². The molecule has 0 aromatic carbocycles. The molecule has 0 amide bonds. The van der Waals surface area contributed by atoms with Gasteiger partial charge in [-0.1, -0.05) is 47.4 Å². The monoisotopic (exact) mass is 290 g/mol. The third-order valence-corrected chi connectivity index (χ3v) is 2.05. The van der Waals surface area contributed by atoms with Crippen LogP contribution in [0.25, 0.3) is 0 Å². The number of hydrogen-bond acceptors (Lipinski definition) is 1. The molecule has 0 unspecified atom stereocenters. The van der Waals surface area contributed by atoms with E-state index in [-0.39, 0.29) is 5.78 Å². The number of carbonyl (C=O) groups is 1. The van der Waals surface area contributed by atoms with Gasteiger partial charge in [0.15, 0.2) is 5.78 Å². The Bertz CT molecular complexity index is 204. The number of ketones is 1. The minimum atomic E-state index is -0.0174. The maximum Gasteiger partial charge on any atom is 0.177 e. The fourth-order valence-electron chi connectivity index (χ4n) is 0.759. The van der Waals surface area contributed by atoms with Gasteiger partial charge >= 0.3 is 0 Å². The van der Waals surface area contributed by atoms with Crippen LogP contribution < -0.4 is 0 Å². The van der Waals surface area contributed by atoms with Gasteiger partial charge in [-0.2, -0.15) is 0 Å². The van der Waals surface area contributed by atoms with Gasteiger partial charge in [-0.25, -0.2) is 0 Å².